The zero-order chi connectivity index (χ0) is 18.9. The van der Waals surface area contributed by atoms with Crippen LogP contribution >= 0.6 is 0 Å². The second-order valence-corrected chi connectivity index (χ2v) is 7.24. The predicted molar refractivity (Wildman–Crippen MR) is 97.9 cm³/mol. The smallest absolute Gasteiger partial charge is 0.162 e. The molecule has 7 heteroatoms. The van der Waals surface area contributed by atoms with Crippen LogP contribution in [0, 0.1) is 18.6 Å². The van der Waals surface area contributed by atoms with Crippen molar-refractivity contribution in [2.45, 2.75) is 26.3 Å². The third-order valence-corrected chi connectivity index (χ3v) is 5.01. The highest BCUT2D eigenvalue weighted by atomic mass is 19.1. The van der Waals surface area contributed by atoms with E-state index in [-0.39, 0.29) is 11.3 Å². The third kappa shape index (κ3) is 2.08. The first-order chi connectivity index (χ1) is 12.9. The second-order valence-electron chi connectivity index (χ2n) is 7.24. The largest absolute Gasteiger partial charge is 0.464 e. The Labute approximate surface area is 153 Å². The number of aromatic nitrogens is 3. The lowest BCUT2D eigenvalue weighted by molar-refractivity contribution is 0.517. The molecular weight excluding hydrogens is 350 g/mol. The van der Waals surface area contributed by atoms with E-state index < -0.39 is 17.2 Å². The number of hydrogen-bond donors (Lipinski definition) is 1. The lowest BCUT2D eigenvalue weighted by Gasteiger charge is -2.34. The molecule has 0 saturated carbocycles. The van der Waals surface area contributed by atoms with Crippen molar-refractivity contribution >= 4 is 16.7 Å². The number of hydrogen-bond acceptors (Lipinski definition) is 4. The molecule has 4 aromatic rings. The van der Waals surface area contributed by atoms with Gasteiger partial charge in [0.2, 0.25) is 0 Å². The van der Waals surface area contributed by atoms with Gasteiger partial charge in [-0.05, 0) is 38.5 Å². The Bertz CT molecular complexity index is 1220. The van der Waals surface area contributed by atoms with Crippen LogP contribution in [0.4, 0.5) is 14.5 Å². The van der Waals surface area contributed by atoms with Gasteiger partial charge in [0.1, 0.15) is 22.9 Å². The summed E-state index contributed by atoms with van der Waals surface area (Å²) in [7, 11) is 0. The lowest BCUT2D eigenvalue weighted by Crippen LogP contribution is -2.36. The summed E-state index contributed by atoms with van der Waals surface area (Å²) in [6, 6.07) is 8.21. The van der Waals surface area contributed by atoms with Crippen LogP contribution in [-0.4, -0.2) is 14.8 Å². The first-order valence-electron chi connectivity index (χ1n) is 8.58. The highest BCUT2D eigenvalue weighted by molar-refractivity contribution is 5.95. The molecule has 0 amide bonds. The van der Waals surface area contributed by atoms with Crippen molar-refractivity contribution in [2.75, 3.05) is 5.32 Å². The molecule has 3 heterocycles. The minimum atomic E-state index is -0.661. The maximum atomic E-state index is 15.7. The average molecular weight is 366 g/mol. The van der Waals surface area contributed by atoms with E-state index in [0.29, 0.717) is 33.9 Å². The Morgan fingerprint density at radius 2 is 1.96 bits per heavy atom. The summed E-state index contributed by atoms with van der Waals surface area (Å²) < 4.78 is 37.8. The van der Waals surface area contributed by atoms with Gasteiger partial charge >= 0.3 is 0 Å². The van der Waals surface area contributed by atoms with Crippen molar-refractivity contribution in [2.24, 2.45) is 0 Å². The summed E-state index contributed by atoms with van der Waals surface area (Å²) in [5.41, 5.74) is 0.901. The highest BCUT2D eigenvalue weighted by Gasteiger charge is 2.37. The van der Waals surface area contributed by atoms with Crippen LogP contribution in [0.15, 0.2) is 41.0 Å². The molecule has 2 aromatic heterocycles. The van der Waals surface area contributed by atoms with Crippen LogP contribution in [0.2, 0.25) is 0 Å². The van der Waals surface area contributed by atoms with Crippen LogP contribution in [-0.2, 0) is 5.54 Å². The zero-order valence-corrected chi connectivity index (χ0v) is 15.0. The fraction of sp³-hybridized carbons (Fsp3) is 0.200. The number of rotatable bonds is 1. The molecule has 27 heavy (non-hydrogen) atoms. The molecule has 5 nitrogen and oxygen atoms in total. The van der Waals surface area contributed by atoms with Gasteiger partial charge in [-0.25, -0.2) is 8.78 Å². The summed E-state index contributed by atoms with van der Waals surface area (Å²) >= 11 is 0. The molecule has 2 aromatic carbocycles. The van der Waals surface area contributed by atoms with E-state index in [1.165, 1.54) is 12.3 Å². The predicted octanol–water partition coefficient (Wildman–Crippen LogP) is 4.93. The molecule has 5 rings (SSSR count). The fourth-order valence-corrected chi connectivity index (χ4v) is 3.81. The molecule has 136 valence electrons. The van der Waals surface area contributed by atoms with Crippen molar-refractivity contribution in [1.29, 1.82) is 0 Å². The molecule has 0 radical (unpaired) electrons. The molecule has 1 aliphatic rings. The van der Waals surface area contributed by atoms with Gasteiger partial charge in [-0.15, -0.1) is 10.2 Å². The van der Waals surface area contributed by atoms with Gasteiger partial charge in [-0.3, -0.25) is 4.57 Å². The average Bonchev–Trinajstić information content (AvgIpc) is 3.22. The van der Waals surface area contributed by atoms with Crippen molar-refractivity contribution in [3.8, 4) is 16.8 Å². The van der Waals surface area contributed by atoms with E-state index in [2.05, 4.69) is 15.5 Å². The van der Waals surface area contributed by atoms with Gasteiger partial charge in [-0.2, -0.15) is 0 Å². The van der Waals surface area contributed by atoms with Crippen LogP contribution in [0.1, 0.15) is 25.5 Å². The van der Waals surface area contributed by atoms with Crippen molar-refractivity contribution in [3.63, 3.8) is 0 Å². The summed E-state index contributed by atoms with van der Waals surface area (Å²) in [5, 5.41) is 12.1. The summed E-state index contributed by atoms with van der Waals surface area (Å²) in [6.45, 7) is 5.54. The van der Waals surface area contributed by atoms with E-state index in [9.17, 15) is 0 Å². The molecule has 1 N–H and O–H groups in total. The van der Waals surface area contributed by atoms with Gasteiger partial charge in [0.05, 0.1) is 23.1 Å². The number of nitrogens with zero attached hydrogens (tertiary/aromatic N) is 3. The maximum Gasteiger partial charge on any atom is 0.162 e. The molecule has 0 atom stereocenters. The Balaban J connectivity index is 1.87. The topological polar surface area (TPSA) is 55.9 Å². The molecular formula is C20H16F2N4O. The maximum absolute atomic E-state index is 15.7. The van der Waals surface area contributed by atoms with Gasteiger partial charge < -0.3 is 9.73 Å². The minimum Gasteiger partial charge on any atom is -0.464 e. The molecule has 0 spiro atoms. The first kappa shape index (κ1) is 16.0. The van der Waals surface area contributed by atoms with Crippen molar-refractivity contribution in [3.05, 3.63) is 59.9 Å². The summed E-state index contributed by atoms with van der Waals surface area (Å²) in [4.78, 5) is 0. The fourth-order valence-electron chi connectivity index (χ4n) is 3.81. The first-order valence-corrected chi connectivity index (χ1v) is 8.58. The zero-order valence-electron chi connectivity index (χ0n) is 15.0. The number of furan rings is 1. The van der Waals surface area contributed by atoms with Gasteiger partial charge in [0.15, 0.2) is 11.6 Å². The Morgan fingerprint density at radius 1 is 1.15 bits per heavy atom. The Kier molecular flexibility index (Phi) is 3.05. The molecule has 0 aliphatic carbocycles. The van der Waals surface area contributed by atoms with Crippen LogP contribution in [0.5, 0.6) is 0 Å². The quantitative estimate of drug-likeness (QED) is 0.519. The van der Waals surface area contributed by atoms with Gasteiger partial charge in [0, 0.05) is 11.5 Å². The number of nitrogens with one attached hydrogen (secondary N) is 1. The van der Waals surface area contributed by atoms with E-state index in [0.717, 1.165) is 0 Å². The van der Waals surface area contributed by atoms with Crippen molar-refractivity contribution in [1.82, 2.24) is 14.8 Å². The molecule has 1 aliphatic heterocycles. The van der Waals surface area contributed by atoms with Gasteiger partial charge in [-0.1, -0.05) is 12.1 Å². The molecule has 0 fully saturated rings. The summed E-state index contributed by atoms with van der Waals surface area (Å²) in [6.07, 6.45) is 1.51. The Morgan fingerprint density at radius 3 is 2.78 bits per heavy atom. The highest BCUT2D eigenvalue weighted by Crippen LogP contribution is 2.43. The van der Waals surface area contributed by atoms with Crippen LogP contribution in [0.3, 0.4) is 0 Å². The van der Waals surface area contributed by atoms with E-state index in [1.807, 2.05) is 13.8 Å². The monoisotopic (exact) mass is 366 g/mol. The number of halogens is 2. The van der Waals surface area contributed by atoms with E-state index in [1.54, 1.807) is 35.8 Å². The Hall–Kier alpha value is -3.22. The third-order valence-electron chi connectivity index (χ3n) is 5.01. The standard InChI is InChI=1S/C20H16F2N4O/c1-10-24-25-19-20(2,3)23-14-9-13(21)16(17(22)18(14)26(10)19)12-5-4-6-15-11(12)7-8-27-15/h4-9,23H,1-3H3. The minimum absolute atomic E-state index is 0.0960. The summed E-state index contributed by atoms with van der Waals surface area (Å²) in [5.74, 6) is -0.187. The van der Waals surface area contributed by atoms with E-state index >= 15 is 8.78 Å². The molecule has 0 unspecified atom stereocenters. The molecule has 0 saturated heterocycles. The normalized spacial score (nSPS) is 14.7. The van der Waals surface area contributed by atoms with Crippen LogP contribution in [0.25, 0.3) is 27.8 Å². The SMILES string of the molecule is Cc1nnc2n1-c1c(cc(F)c(-c3cccc4occc34)c1F)NC2(C)C. The second kappa shape index (κ2) is 5.16. The van der Waals surface area contributed by atoms with Gasteiger partial charge in [0.25, 0.3) is 0 Å². The number of fused-ring (bicyclic) bond motifs is 4. The lowest BCUT2D eigenvalue weighted by atomic mass is 9.95. The van der Waals surface area contributed by atoms with Crippen LogP contribution < -0.4 is 5.32 Å². The number of benzene rings is 2. The number of anilines is 1. The van der Waals surface area contributed by atoms with E-state index in [4.69, 9.17) is 4.42 Å². The number of aryl methyl sites for hydroxylation is 1. The van der Waals surface area contributed by atoms with Crippen molar-refractivity contribution < 1.29 is 13.2 Å². The molecule has 0 bridgehead atoms.